The van der Waals surface area contributed by atoms with Crippen molar-refractivity contribution in [1.82, 2.24) is 0 Å². The molecule has 13 heavy (non-hydrogen) atoms. The normalized spacial score (nSPS) is 36.8. The van der Waals surface area contributed by atoms with Crippen LogP contribution in [0, 0.1) is 17.8 Å². The highest BCUT2D eigenvalue weighted by Gasteiger charge is 2.36. The molecule has 1 heteroatoms. The van der Waals surface area contributed by atoms with Crippen LogP contribution in [0.1, 0.15) is 51.9 Å². The van der Waals surface area contributed by atoms with E-state index in [1.807, 2.05) is 0 Å². The smallest absolute Gasteiger partial charge is 0.135 e. The fraction of sp³-hybridized carbons (Fsp3) is 0.917. The van der Waals surface area contributed by atoms with Gasteiger partial charge < -0.3 is 0 Å². The minimum absolute atomic E-state index is 0.378. The van der Waals surface area contributed by atoms with Gasteiger partial charge in [0, 0.05) is 12.3 Å². The minimum Gasteiger partial charge on any atom is -0.299 e. The van der Waals surface area contributed by atoms with Crippen molar-refractivity contribution < 1.29 is 4.79 Å². The molecule has 0 aromatic heterocycles. The first kappa shape index (κ1) is 9.23. The van der Waals surface area contributed by atoms with Crippen molar-refractivity contribution in [2.24, 2.45) is 17.8 Å². The molecule has 0 radical (unpaired) electrons. The van der Waals surface area contributed by atoms with Crippen molar-refractivity contribution in [2.45, 2.75) is 51.9 Å². The summed E-state index contributed by atoms with van der Waals surface area (Å²) in [7, 11) is 0. The molecule has 2 aliphatic carbocycles. The SMILES string of the molecule is CC1C(=O)CCC1C1CCCCC1. The molecular formula is C12H20O. The number of hydrogen-bond donors (Lipinski definition) is 0. The van der Waals surface area contributed by atoms with Crippen LogP contribution in [-0.2, 0) is 4.79 Å². The molecule has 0 amide bonds. The van der Waals surface area contributed by atoms with E-state index in [1.165, 1.54) is 38.5 Å². The number of Topliss-reactive ketones (excluding diaryl/α,β-unsaturated/α-hetero) is 1. The van der Waals surface area contributed by atoms with Crippen LogP contribution in [0.2, 0.25) is 0 Å². The molecule has 2 atom stereocenters. The monoisotopic (exact) mass is 180 g/mol. The van der Waals surface area contributed by atoms with E-state index < -0.39 is 0 Å². The lowest BCUT2D eigenvalue weighted by molar-refractivity contribution is -0.121. The van der Waals surface area contributed by atoms with Crippen LogP contribution >= 0.6 is 0 Å². The molecule has 2 aliphatic rings. The predicted molar refractivity (Wildman–Crippen MR) is 53.5 cm³/mol. The summed E-state index contributed by atoms with van der Waals surface area (Å²) in [5.74, 6) is 2.53. The average Bonchev–Trinajstić information content (AvgIpc) is 2.49. The van der Waals surface area contributed by atoms with E-state index in [-0.39, 0.29) is 0 Å². The van der Waals surface area contributed by atoms with E-state index in [0.29, 0.717) is 11.7 Å². The number of carbonyl (C=O) groups is 1. The van der Waals surface area contributed by atoms with Gasteiger partial charge in [-0.2, -0.15) is 0 Å². The molecule has 0 N–H and O–H groups in total. The topological polar surface area (TPSA) is 17.1 Å². The second-order valence-corrected chi connectivity index (χ2v) is 4.86. The first-order valence-corrected chi connectivity index (χ1v) is 5.82. The highest BCUT2D eigenvalue weighted by Crippen LogP contribution is 2.40. The van der Waals surface area contributed by atoms with E-state index in [2.05, 4.69) is 6.92 Å². The summed E-state index contributed by atoms with van der Waals surface area (Å²) in [6.07, 6.45) is 9.06. The van der Waals surface area contributed by atoms with Crippen molar-refractivity contribution in [2.75, 3.05) is 0 Å². The lowest BCUT2D eigenvalue weighted by atomic mass is 9.76. The first-order chi connectivity index (χ1) is 6.29. The summed E-state index contributed by atoms with van der Waals surface area (Å²) in [6.45, 7) is 2.15. The Balaban J connectivity index is 1.95. The number of ketones is 1. The van der Waals surface area contributed by atoms with Gasteiger partial charge in [0.2, 0.25) is 0 Å². The molecule has 0 aromatic carbocycles. The molecule has 2 unspecified atom stereocenters. The van der Waals surface area contributed by atoms with Gasteiger partial charge in [0.25, 0.3) is 0 Å². The van der Waals surface area contributed by atoms with E-state index >= 15 is 0 Å². The molecule has 2 rings (SSSR count). The molecule has 0 aromatic rings. The second-order valence-electron chi connectivity index (χ2n) is 4.86. The van der Waals surface area contributed by atoms with Gasteiger partial charge >= 0.3 is 0 Å². The third-order valence-electron chi connectivity index (χ3n) is 4.13. The minimum atomic E-state index is 0.378. The van der Waals surface area contributed by atoms with Gasteiger partial charge in [-0.15, -0.1) is 0 Å². The Morgan fingerprint density at radius 1 is 1.08 bits per heavy atom. The van der Waals surface area contributed by atoms with Gasteiger partial charge in [-0.25, -0.2) is 0 Å². The zero-order valence-electron chi connectivity index (χ0n) is 8.59. The fourth-order valence-corrected chi connectivity index (χ4v) is 3.23. The van der Waals surface area contributed by atoms with Crippen molar-refractivity contribution in [1.29, 1.82) is 0 Å². The summed E-state index contributed by atoms with van der Waals surface area (Å²) in [6, 6.07) is 0. The van der Waals surface area contributed by atoms with Crippen LogP contribution in [0.5, 0.6) is 0 Å². The molecule has 0 aliphatic heterocycles. The molecule has 0 spiro atoms. The highest BCUT2D eigenvalue weighted by atomic mass is 16.1. The van der Waals surface area contributed by atoms with E-state index in [4.69, 9.17) is 0 Å². The summed E-state index contributed by atoms with van der Waals surface area (Å²) in [4.78, 5) is 11.4. The number of hydrogen-bond acceptors (Lipinski definition) is 1. The Morgan fingerprint density at radius 2 is 1.77 bits per heavy atom. The van der Waals surface area contributed by atoms with Gasteiger partial charge in [-0.05, 0) is 18.3 Å². The van der Waals surface area contributed by atoms with E-state index in [9.17, 15) is 4.79 Å². The Bertz CT molecular complexity index is 191. The van der Waals surface area contributed by atoms with Crippen molar-refractivity contribution in [3.8, 4) is 0 Å². The number of carbonyl (C=O) groups excluding carboxylic acids is 1. The Hall–Kier alpha value is -0.330. The van der Waals surface area contributed by atoms with Gasteiger partial charge in [0.15, 0.2) is 0 Å². The molecular weight excluding hydrogens is 160 g/mol. The molecule has 2 saturated carbocycles. The standard InChI is InChI=1S/C12H20O/c1-9-11(7-8-12(9)13)10-5-3-2-4-6-10/h9-11H,2-8H2,1H3. The number of rotatable bonds is 1. The zero-order valence-corrected chi connectivity index (χ0v) is 8.59. The summed E-state index contributed by atoms with van der Waals surface area (Å²) >= 11 is 0. The Kier molecular flexibility index (Phi) is 2.71. The van der Waals surface area contributed by atoms with Crippen molar-refractivity contribution >= 4 is 5.78 Å². The Labute approximate surface area is 80.9 Å². The molecule has 0 saturated heterocycles. The molecule has 1 nitrogen and oxygen atoms in total. The average molecular weight is 180 g/mol. The van der Waals surface area contributed by atoms with Gasteiger partial charge in [0.05, 0.1) is 0 Å². The van der Waals surface area contributed by atoms with Crippen LogP contribution in [-0.4, -0.2) is 5.78 Å². The van der Waals surface area contributed by atoms with E-state index in [0.717, 1.165) is 18.3 Å². The molecule has 2 fully saturated rings. The Morgan fingerprint density at radius 3 is 2.31 bits per heavy atom. The fourth-order valence-electron chi connectivity index (χ4n) is 3.23. The lowest BCUT2D eigenvalue weighted by Gasteiger charge is -2.29. The van der Waals surface area contributed by atoms with Crippen LogP contribution in [0.4, 0.5) is 0 Å². The van der Waals surface area contributed by atoms with Crippen molar-refractivity contribution in [3.63, 3.8) is 0 Å². The van der Waals surface area contributed by atoms with Crippen LogP contribution in [0.3, 0.4) is 0 Å². The van der Waals surface area contributed by atoms with Crippen molar-refractivity contribution in [3.05, 3.63) is 0 Å². The summed E-state index contributed by atoms with van der Waals surface area (Å²) in [5, 5.41) is 0. The third-order valence-corrected chi connectivity index (χ3v) is 4.13. The van der Waals surface area contributed by atoms with E-state index in [1.54, 1.807) is 0 Å². The van der Waals surface area contributed by atoms with Gasteiger partial charge in [-0.3, -0.25) is 4.79 Å². The van der Waals surface area contributed by atoms with Crippen LogP contribution in [0.15, 0.2) is 0 Å². The highest BCUT2D eigenvalue weighted by molar-refractivity contribution is 5.83. The largest absolute Gasteiger partial charge is 0.299 e. The zero-order chi connectivity index (χ0) is 9.26. The maximum absolute atomic E-state index is 11.4. The third kappa shape index (κ3) is 1.79. The van der Waals surface area contributed by atoms with Crippen LogP contribution < -0.4 is 0 Å². The maximum atomic E-state index is 11.4. The summed E-state index contributed by atoms with van der Waals surface area (Å²) in [5.41, 5.74) is 0. The van der Waals surface area contributed by atoms with Crippen LogP contribution in [0.25, 0.3) is 0 Å². The van der Waals surface area contributed by atoms with Gasteiger partial charge in [-0.1, -0.05) is 39.0 Å². The van der Waals surface area contributed by atoms with Gasteiger partial charge in [0.1, 0.15) is 5.78 Å². The second kappa shape index (κ2) is 3.81. The quantitative estimate of drug-likeness (QED) is 0.605. The first-order valence-electron chi connectivity index (χ1n) is 5.82. The molecule has 0 heterocycles. The lowest BCUT2D eigenvalue weighted by Crippen LogP contribution is -2.22. The summed E-state index contributed by atoms with van der Waals surface area (Å²) < 4.78 is 0. The molecule has 74 valence electrons. The predicted octanol–water partition coefficient (Wildman–Crippen LogP) is 3.18. The maximum Gasteiger partial charge on any atom is 0.135 e. The molecule has 0 bridgehead atoms.